The highest BCUT2D eigenvalue weighted by Gasteiger charge is 2.16. The topological polar surface area (TPSA) is 69.4 Å². The zero-order chi connectivity index (χ0) is 12.8. The van der Waals surface area contributed by atoms with Crippen LogP contribution in [0.2, 0.25) is 0 Å². The number of hydrogen-bond donors (Lipinski definition) is 0. The van der Waals surface area contributed by atoms with Crippen LogP contribution < -0.4 is 4.74 Å². The summed E-state index contributed by atoms with van der Waals surface area (Å²) in [6.07, 6.45) is 2.21. The summed E-state index contributed by atoms with van der Waals surface area (Å²) in [5.74, 6) is 0.109. The van der Waals surface area contributed by atoms with E-state index in [0.717, 1.165) is 12.8 Å². The summed E-state index contributed by atoms with van der Waals surface area (Å²) in [5, 5.41) is 10.7. The minimum atomic E-state index is -0.529. The Hall–Kier alpha value is -1.91. The van der Waals surface area contributed by atoms with Gasteiger partial charge in [-0.05, 0) is 18.6 Å². The molecule has 0 heterocycles. The van der Waals surface area contributed by atoms with Crippen molar-refractivity contribution in [3.8, 4) is 5.75 Å². The molecule has 0 aliphatic heterocycles. The Labute approximate surface area is 99.5 Å². The number of benzene rings is 1. The Morgan fingerprint density at radius 2 is 2.18 bits per heavy atom. The number of nitro benzene ring substituents is 1. The van der Waals surface area contributed by atoms with Crippen molar-refractivity contribution in [1.82, 2.24) is 0 Å². The van der Waals surface area contributed by atoms with Crippen molar-refractivity contribution in [2.24, 2.45) is 0 Å². The van der Waals surface area contributed by atoms with Gasteiger partial charge in [-0.1, -0.05) is 13.3 Å². The average Bonchev–Trinajstić information content (AvgIpc) is 2.34. The molecule has 0 N–H and O–H groups in total. The van der Waals surface area contributed by atoms with Gasteiger partial charge in [-0.2, -0.15) is 0 Å². The first-order chi connectivity index (χ1) is 8.10. The van der Waals surface area contributed by atoms with Gasteiger partial charge in [0.15, 0.2) is 11.5 Å². The lowest BCUT2D eigenvalue weighted by atomic mass is 10.0. The smallest absolute Gasteiger partial charge is 0.310 e. The predicted molar refractivity (Wildman–Crippen MR) is 63.5 cm³/mol. The Bertz CT molecular complexity index is 429. The van der Waals surface area contributed by atoms with Crippen molar-refractivity contribution in [3.63, 3.8) is 0 Å². The molecule has 0 saturated carbocycles. The fourth-order valence-electron chi connectivity index (χ4n) is 1.48. The standard InChI is InChI=1S/C12H15NO4/c1-3-4-5-11(14)9-6-7-10(13(15)16)12(8-9)17-2/h6-8H,3-5H2,1-2H3. The maximum Gasteiger partial charge on any atom is 0.310 e. The summed E-state index contributed by atoms with van der Waals surface area (Å²) in [4.78, 5) is 21.9. The van der Waals surface area contributed by atoms with Gasteiger partial charge in [0.25, 0.3) is 0 Å². The Balaban J connectivity index is 2.97. The van der Waals surface area contributed by atoms with Crippen LogP contribution in [0.5, 0.6) is 5.75 Å². The number of rotatable bonds is 6. The predicted octanol–water partition coefficient (Wildman–Crippen LogP) is 2.98. The summed E-state index contributed by atoms with van der Waals surface area (Å²) in [7, 11) is 1.35. The minimum Gasteiger partial charge on any atom is -0.490 e. The number of ether oxygens (including phenoxy) is 1. The molecular weight excluding hydrogens is 222 g/mol. The van der Waals surface area contributed by atoms with Crippen molar-refractivity contribution in [2.75, 3.05) is 7.11 Å². The molecule has 0 saturated heterocycles. The van der Waals surface area contributed by atoms with E-state index in [1.807, 2.05) is 6.92 Å². The summed E-state index contributed by atoms with van der Waals surface area (Å²) in [6, 6.07) is 4.20. The average molecular weight is 237 g/mol. The first-order valence-corrected chi connectivity index (χ1v) is 5.45. The van der Waals surface area contributed by atoms with Gasteiger partial charge < -0.3 is 4.74 Å². The second-order valence-electron chi connectivity index (χ2n) is 3.67. The van der Waals surface area contributed by atoms with E-state index in [0.29, 0.717) is 12.0 Å². The molecule has 0 radical (unpaired) electrons. The Morgan fingerprint density at radius 3 is 2.71 bits per heavy atom. The number of unbranched alkanes of at least 4 members (excludes halogenated alkanes) is 1. The van der Waals surface area contributed by atoms with Crippen LogP contribution in [0.25, 0.3) is 0 Å². The van der Waals surface area contributed by atoms with E-state index in [1.165, 1.54) is 25.3 Å². The lowest BCUT2D eigenvalue weighted by molar-refractivity contribution is -0.385. The molecule has 0 aliphatic rings. The molecule has 92 valence electrons. The molecule has 1 aromatic carbocycles. The molecule has 1 rings (SSSR count). The van der Waals surface area contributed by atoms with Crippen molar-refractivity contribution in [2.45, 2.75) is 26.2 Å². The van der Waals surface area contributed by atoms with Gasteiger partial charge in [0.05, 0.1) is 12.0 Å². The van der Waals surface area contributed by atoms with E-state index in [2.05, 4.69) is 0 Å². The molecule has 0 aliphatic carbocycles. The van der Waals surface area contributed by atoms with Crippen molar-refractivity contribution >= 4 is 11.5 Å². The Kier molecular flexibility index (Phi) is 4.63. The maximum absolute atomic E-state index is 11.7. The number of Topliss-reactive ketones (excluding diaryl/α,β-unsaturated/α-hetero) is 1. The number of ketones is 1. The lowest BCUT2D eigenvalue weighted by Crippen LogP contribution is -2.01. The third kappa shape index (κ3) is 3.27. The number of hydrogen-bond acceptors (Lipinski definition) is 4. The molecule has 0 amide bonds. The van der Waals surface area contributed by atoms with Crippen LogP contribution >= 0.6 is 0 Å². The molecule has 0 aromatic heterocycles. The second-order valence-corrected chi connectivity index (χ2v) is 3.67. The summed E-state index contributed by atoms with van der Waals surface area (Å²) < 4.78 is 4.91. The van der Waals surface area contributed by atoms with Crippen LogP contribution in [0.3, 0.4) is 0 Å². The largest absolute Gasteiger partial charge is 0.490 e. The van der Waals surface area contributed by atoms with Crippen molar-refractivity contribution < 1.29 is 14.5 Å². The number of methoxy groups -OCH3 is 1. The molecular formula is C12H15NO4. The molecule has 0 bridgehead atoms. The van der Waals surface area contributed by atoms with Crippen LogP contribution in [0, 0.1) is 10.1 Å². The van der Waals surface area contributed by atoms with Gasteiger partial charge >= 0.3 is 5.69 Å². The molecule has 5 heteroatoms. The van der Waals surface area contributed by atoms with E-state index in [1.54, 1.807) is 0 Å². The van der Waals surface area contributed by atoms with Crippen molar-refractivity contribution in [1.29, 1.82) is 0 Å². The number of nitrogens with zero attached hydrogens (tertiary/aromatic N) is 1. The van der Waals surface area contributed by atoms with Crippen LogP contribution in [-0.4, -0.2) is 17.8 Å². The third-order valence-electron chi connectivity index (χ3n) is 2.46. The van der Waals surface area contributed by atoms with Crippen molar-refractivity contribution in [3.05, 3.63) is 33.9 Å². The lowest BCUT2D eigenvalue weighted by Gasteiger charge is -2.04. The molecule has 0 fully saturated rings. The zero-order valence-corrected chi connectivity index (χ0v) is 9.93. The highest BCUT2D eigenvalue weighted by atomic mass is 16.6. The summed E-state index contributed by atoms with van der Waals surface area (Å²) >= 11 is 0. The third-order valence-corrected chi connectivity index (χ3v) is 2.46. The van der Waals surface area contributed by atoms with Gasteiger partial charge in [-0.15, -0.1) is 0 Å². The van der Waals surface area contributed by atoms with Gasteiger partial charge in [0.1, 0.15) is 0 Å². The molecule has 0 spiro atoms. The maximum atomic E-state index is 11.7. The van der Waals surface area contributed by atoms with Crippen LogP contribution in [0.4, 0.5) is 5.69 Å². The van der Waals surface area contributed by atoms with E-state index >= 15 is 0 Å². The molecule has 17 heavy (non-hydrogen) atoms. The van der Waals surface area contributed by atoms with Gasteiger partial charge in [0.2, 0.25) is 0 Å². The number of nitro groups is 1. The summed E-state index contributed by atoms with van der Waals surface area (Å²) in [6.45, 7) is 2.00. The van der Waals surface area contributed by atoms with E-state index in [9.17, 15) is 14.9 Å². The van der Waals surface area contributed by atoms with E-state index < -0.39 is 4.92 Å². The number of carbonyl (C=O) groups is 1. The fraction of sp³-hybridized carbons (Fsp3) is 0.417. The molecule has 1 aromatic rings. The summed E-state index contributed by atoms with van der Waals surface area (Å²) in [5.41, 5.74) is 0.334. The first kappa shape index (κ1) is 13.2. The highest BCUT2D eigenvalue weighted by molar-refractivity contribution is 5.96. The highest BCUT2D eigenvalue weighted by Crippen LogP contribution is 2.28. The Morgan fingerprint density at radius 1 is 1.47 bits per heavy atom. The zero-order valence-electron chi connectivity index (χ0n) is 9.93. The molecule has 0 atom stereocenters. The van der Waals surface area contributed by atoms with Gasteiger partial charge in [-0.25, -0.2) is 0 Å². The van der Waals surface area contributed by atoms with E-state index in [4.69, 9.17) is 4.74 Å². The molecule has 0 unspecified atom stereocenters. The normalized spacial score (nSPS) is 10.0. The van der Waals surface area contributed by atoms with Crippen LogP contribution in [0.15, 0.2) is 18.2 Å². The first-order valence-electron chi connectivity index (χ1n) is 5.45. The molecule has 5 nitrogen and oxygen atoms in total. The number of carbonyl (C=O) groups excluding carboxylic acids is 1. The SMILES string of the molecule is CCCCC(=O)c1ccc([N+](=O)[O-])c(OC)c1. The van der Waals surface area contributed by atoms with E-state index in [-0.39, 0.29) is 17.2 Å². The quantitative estimate of drug-likeness (QED) is 0.433. The van der Waals surface area contributed by atoms with Crippen LogP contribution in [0.1, 0.15) is 36.5 Å². The van der Waals surface area contributed by atoms with Crippen LogP contribution in [-0.2, 0) is 0 Å². The second kappa shape index (κ2) is 5.98. The van der Waals surface area contributed by atoms with Gasteiger partial charge in [-0.3, -0.25) is 14.9 Å². The van der Waals surface area contributed by atoms with Gasteiger partial charge in [0, 0.05) is 18.1 Å². The fourth-order valence-corrected chi connectivity index (χ4v) is 1.48. The monoisotopic (exact) mass is 237 g/mol. The minimum absolute atomic E-state index is 0.0138.